The Morgan fingerprint density at radius 2 is 0.926 bits per heavy atom. The average Bonchev–Trinajstić information content (AvgIpc) is 3.25. The molecule has 1 aromatic heterocycles. The van der Waals surface area contributed by atoms with E-state index in [-0.39, 0.29) is 0 Å². The number of nitrogens with zero attached hydrogens (tertiary/aromatic N) is 3. The van der Waals surface area contributed by atoms with Crippen molar-refractivity contribution in [1.82, 2.24) is 15.0 Å². The van der Waals surface area contributed by atoms with Crippen LogP contribution in [0.5, 0.6) is 0 Å². The predicted octanol–water partition coefficient (Wildman–Crippen LogP) is 12.2. The molecule has 0 amide bonds. The number of fused-ring (bicyclic) bond motifs is 3. The van der Waals surface area contributed by atoms with Gasteiger partial charge in [0.2, 0.25) is 0 Å². The van der Waals surface area contributed by atoms with Crippen LogP contribution in [0.15, 0.2) is 188 Å². The highest BCUT2D eigenvalue weighted by Gasteiger charge is 2.18. The molecule has 0 bridgehead atoms. The molecule has 0 spiro atoms. The van der Waals surface area contributed by atoms with Gasteiger partial charge in [0.25, 0.3) is 0 Å². The molecule has 54 heavy (non-hydrogen) atoms. The third-order valence-corrected chi connectivity index (χ3v) is 10.1. The first-order valence-electron chi connectivity index (χ1n) is 18.2. The second kappa shape index (κ2) is 14.1. The van der Waals surface area contributed by atoms with Gasteiger partial charge in [0, 0.05) is 28.5 Å². The summed E-state index contributed by atoms with van der Waals surface area (Å²) in [4.78, 5) is 15.3. The molecule has 256 valence electrons. The van der Waals surface area contributed by atoms with Crippen LogP contribution >= 0.6 is 0 Å². The second-order valence-corrected chi connectivity index (χ2v) is 13.5. The zero-order chi connectivity index (χ0) is 36.4. The first kappa shape index (κ1) is 32.7. The zero-order valence-electron chi connectivity index (χ0n) is 29.8. The topological polar surface area (TPSA) is 64.7 Å². The number of nitrogens with two attached hydrogens (primary N) is 1. The van der Waals surface area contributed by atoms with E-state index in [0.29, 0.717) is 17.5 Å². The molecule has 0 fully saturated rings. The number of aryl methyl sites for hydroxylation is 1. The fraction of sp³-hybridized carbons (Fsp3) is 0.0200. The molecular formula is C50H36N4. The average molecular weight is 693 g/mol. The molecule has 2 N–H and O–H groups in total. The van der Waals surface area contributed by atoms with Crippen LogP contribution in [0.4, 0.5) is 0 Å². The lowest BCUT2D eigenvalue weighted by atomic mass is 9.87. The number of hydrogen-bond donors (Lipinski definition) is 1. The molecule has 0 aliphatic rings. The molecular weight excluding hydrogens is 657 g/mol. The lowest BCUT2D eigenvalue weighted by Gasteiger charge is -2.17. The van der Waals surface area contributed by atoms with Crippen LogP contribution in [0.3, 0.4) is 0 Å². The minimum Gasteiger partial charge on any atom is -0.404 e. The van der Waals surface area contributed by atoms with Gasteiger partial charge in [0.15, 0.2) is 17.5 Å². The van der Waals surface area contributed by atoms with Crippen LogP contribution < -0.4 is 5.73 Å². The minimum absolute atomic E-state index is 0.599. The van der Waals surface area contributed by atoms with Gasteiger partial charge in [-0.25, -0.2) is 15.0 Å². The second-order valence-electron chi connectivity index (χ2n) is 13.5. The van der Waals surface area contributed by atoms with Gasteiger partial charge in [-0.2, -0.15) is 0 Å². The van der Waals surface area contributed by atoms with E-state index >= 15 is 0 Å². The van der Waals surface area contributed by atoms with Crippen molar-refractivity contribution in [3.05, 3.63) is 205 Å². The molecule has 0 radical (unpaired) electrons. The third kappa shape index (κ3) is 6.10. The van der Waals surface area contributed by atoms with Crippen molar-refractivity contribution in [2.75, 3.05) is 0 Å². The van der Waals surface area contributed by atoms with Crippen molar-refractivity contribution in [3.63, 3.8) is 0 Å². The lowest BCUT2D eigenvalue weighted by Crippen LogP contribution is -2.01. The summed E-state index contributed by atoms with van der Waals surface area (Å²) in [5.74, 6) is 1.83. The summed E-state index contributed by atoms with van der Waals surface area (Å²) in [6, 6.07) is 63.2. The van der Waals surface area contributed by atoms with E-state index in [2.05, 4.69) is 171 Å². The van der Waals surface area contributed by atoms with Crippen LogP contribution in [0, 0.1) is 6.92 Å². The summed E-state index contributed by atoms with van der Waals surface area (Å²) < 4.78 is 0. The predicted molar refractivity (Wildman–Crippen MR) is 224 cm³/mol. The molecule has 4 nitrogen and oxygen atoms in total. The van der Waals surface area contributed by atoms with Crippen molar-refractivity contribution >= 4 is 27.1 Å². The van der Waals surface area contributed by atoms with Crippen LogP contribution in [0.2, 0.25) is 0 Å². The summed E-state index contributed by atoms with van der Waals surface area (Å²) in [7, 11) is 0. The van der Waals surface area contributed by atoms with Gasteiger partial charge in [0.1, 0.15) is 0 Å². The first-order valence-corrected chi connectivity index (χ1v) is 18.2. The Morgan fingerprint density at radius 3 is 1.61 bits per heavy atom. The zero-order valence-corrected chi connectivity index (χ0v) is 29.8. The van der Waals surface area contributed by atoms with Crippen LogP contribution in [-0.4, -0.2) is 15.0 Å². The first-order chi connectivity index (χ1) is 26.6. The molecule has 8 aromatic carbocycles. The van der Waals surface area contributed by atoms with Gasteiger partial charge < -0.3 is 5.73 Å². The molecule has 9 rings (SSSR count). The minimum atomic E-state index is 0.599. The Balaban J connectivity index is 1.16. The van der Waals surface area contributed by atoms with Crippen LogP contribution in [0.25, 0.3) is 83.5 Å². The maximum atomic E-state index is 6.47. The van der Waals surface area contributed by atoms with E-state index < -0.39 is 0 Å². The highest BCUT2D eigenvalue weighted by molar-refractivity contribution is 6.14. The van der Waals surface area contributed by atoms with Crippen LogP contribution in [0.1, 0.15) is 16.7 Å². The van der Waals surface area contributed by atoms with Gasteiger partial charge in [-0.3, -0.25) is 0 Å². The summed E-state index contributed by atoms with van der Waals surface area (Å²) in [5.41, 5.74) is 18.0. The Morgan fingerprint density at radius 1 is 0.426 bits per heavy atom. The Hall–Kier alpha value is -7.17. The summed E-state index contributed by atoms with van der Waals surface area (Å²) in [6.07, 6.45) is 1.73. The van der Waals surface area contributed by atoms with E-state index in [1.165, 1.54) is 27.1 Å². The van der Waals surface area contributed by atoms with Crippen molar-refractivity contribution in [2.45, 2.75) is 6.92 Å². The Labute approximate surface area is 315 Å². The van der Waals surface area contributed by atoms with Crippen molar-refractivity contribution in [2.24, 2.45) is 5.73 Å². The standard InChI is InChI=1S/C50H36N4/c1-33-20-21-39-27-24-37-16-8-9-18-43(37)47(39)46(33)45(32-51)38-25-30-41(31-26-38)49-52-48(40-28-22-35(23-29-40)34-12-4-2-5-13-34)53-50(54-49)44-19-11-10-17-42(44)36-14-6-3-7-15-36/h2-32H,51H2,1H3/b45-32-. The molecule has 0 unspecified atom stereocenters. The molecule has 0 saturated heterocycles. The SMILES string of the molecule is Cc1ccc2ccc3ccccc3c2c1/C(=C\N)c1ccc(-c2nc(-c3ccc(-c4ccccc4)cc3)nc(-c3ccccc3-c3ccccc3)n2)cc1. The molecule has 1 heterocycles. The highest BCUT2D eigenvalue weighted by Crippen LogP contribution is 2.38. The fourth-order valence-corrected chi connectivity index (χ4v) is 7.42. The molecule has 4 heteroatoms. The monoisotopic (exact) mass is 692 g/mol. The number of aromatic nitrogens is 3. The largest absolute Gasteiger partial charge is 0.404 e. The Kier molecular flexibility index (Phi) is 8.54. The van der Waals surface area contributed by atoms with Crippen molar-refractivity contribution in [1.29, 1.82) is 0 Å². The Bertz CT molecular complexity index is 2810. The summed E-state index contributed by atoms with van der Waals surface area (Å²) in [5, 5.41) is 4.80. The summed E-state index contributed by atoms with van der Waals surface area (Å²) >= 11 is 0. The number of rotatable bonds is 7. The molecule has 0 saturated carbocycles. The number of hydrogen-bond acceptors (Lipinski definition) is 4. The quantitative estimate of drug-likeness (QED) is 0.169. The molecule has 0 aliphatic carbocycles. The molecule has 0 atom stereocenters. The van der Waals surface area contributed by atoms with Crippen molar-refractivity contribution < 1.29 is 0 Å². The molecule has 9 aromatic rings. The smallest absolute Gasteiger partial charge is 0.164 e. The third-order valence-electron chi connectivity index (χ3n) is 10.1. The maximum Gasteiger partial charge on any atom is 0.164 e. The fourth-order valence-electron chi connectivity index (χ4n) is 7.42. The van der Waals surface area contributed by atoms with Crippen molar-refractivity contribution in [3.8, 4) is 56.4 Å². The van der Waals surface area contributed by atoms with E-state index in [9.17, 15) is 0 Å². The van der Waals surface area contributed by atoms with E-state index in [4.69, 9.17) is 20.7 Å². The summed E-state index contributed by atoms with van der Waals surface area (Å²) in [6.45, 7) is 2.15. The normalized spacial score (nSPS) is 11.6. The van der Waals surface area contributed by atoms with Gasteiger partial charge in [-0.05, 0) is 67.4 Å². The van der Waals surface area contributed by atoms with Gasteiger partial charge in [-0.1, -0.05) is 182 Å². The van der Waals surface area contributed by atoms with Crippen LogP contribution in [-0.2, 0) is 0 Å². The lowest BCUT2D eigenvalue weighted by molar-refractivity contribution is 1.07. The molecule has 0 aliphatic heterocycles. The van der Waals surface area contributed by atoms with Gasteiger partial charge >= 0.3 is 0 Å². The van der Waals surface area contributed by atoms with E-state index in [1.807, 2.05) is 18.2 Å². The maximum absolute atomic E-state index is 6.47. The van der Waals surface area contributed by atoms with E-state index in [1.54, 1.807) is 6.20 Å². The van der Waals surface area contributed by atoms with Gasteiger partial charge in [0.05, 0.1) is 0 Å². The van der Waals surface area contributed by atoms with E-state index in [0.717, 1.165) is 55.6 Å². The number of benzene rings is 8. The van der Waals surface area contributed by atoms with Gasteiger partial charge in [-0.15, -0.1) is 0 Å². The highest BCUT2D eigenvalue weighted by atomic mass is 15.0.